The molecule has 4 nitrogen and oxygen atoms in total. The molecule has 0 saturated carbocycles. The lowest BCUT2D eigenvalue weighted by atomic mass is 10.2. The van der Waals surface area contributed by atoms with Crippen LogP contribution in [0.4, 0.5) is 0 Å². The summed E-state index contributed by atoms with van der Waals surface area (Å²) in [6.07, 6.45) is 0. The minimum absolute atomic E-state index is 0.476. The van der Waals surface area contributed by atoms with Crippen molar-refractivity contribution in [2.24, 2.45) is 5.92 Å². The third-order valence-electron chi connectivity index (χ3n) is 1.80. The summed E-state index contributed by atoms with van der Waals surface area (Å²) in [5.41, 5.74) is 0. The summed E-state index contributed by atoms with van der Waals surface area (Å²) < 4.78 is 10.9. The van der Waals surface area contributed by atoms with Crippen LogP contribution in [-0.2, 0) is 9.47 Å². The second-order valence-corrected chi connectivity index (χ2v) is 3.46. The molecule has 4 heteroatoms. The van der Waals surface area contributed by atoms with Gasteiger partial charge in [-0.15, -0.1) is 0 Å². The van der Waals surface area contributed by atoms with E-state index in [1.165, 1.54) is 0 Å². The van der Waals surface area contributed by atoms with Crippen LogP contribution in [0.15, 0.2) is 0 Å². The Labute approximate surface area is 87.4 Å². The van der Waals surface area contributed by atoms with E-state index in [4.69, 9.17) is 9.47 Å². The van der Waals surface area contributed by atoms with Gasteiger partial charge in [0, 0.05) is 19.0 Å². The van der Waals surface area contributed by atoms with Crippen LogP contribution < -0.4 is 10.6 Å². The summed E-state index contributed by atoms with van der Waals surface area (Å²) in [6, 6.07) is 0. The Kier molecular flexibility index (Phi) is 10.8. The third kappa shape index (κ3) is 9.92. The molecule has 0 saturated heterocycles. The number of nitrogens with one attached hydrogen (secondary N) is 2. The summed E-state index contributed by atoms with van der Waals surface area (Å²) in [7, 11) is 3.85. The lowest BCUT2D eigenvalue weighted by Gasteiger charge is -2.12. The van der Waals surface area contributed by atoms with Crippen molar-refractivity contribution in [1.29, 1.82) is 0 Å². The normalized spacial score (nSPS) is 11.1. The largest absolute Gasteiger partial charge is 0.380 e. The van der Waals surface area contributed by atoms with E-state index in [2.05, 4.69) is 17.6 Å². The Bertz CT molecular complexity index is 100. The molecular formula is C10H24N2O2. The maximum Gasteiger partial charge on any atom is 0.0590 e. The summed E-state index contributed by atoms with van der Waals surface area (Å²) in [5, 5.41) is 6.07. The molecule has 0 aliphatic carbocycles. The molecule has 2 N–H and O–H groups in total. The molecule has 0 fully saturated rings. The van der Waals surface area contributed by atoms with Crippen LogP contribution in [0.5, 0.6) is 0 Å². The molecule has 0 heterocycles. The van der Waals surface area contributed by atoms with E-state index in [-0.39, 0.29) is 0 Å². The van der Waals surface area contributed by atoms with Crippen molar-refractivity contribution < 1.29 is 9.47 Å². The van der Waals surface area contributed by atoms with Gasteiger partial charge in [0.15, 0.2) is 0 Å². The fourth-order valence-electron chi connectivity index (χ4n) is 0.966. The number of hydrogen-bond acceptors (Lipinski definition) is 4. The quantitative estimate of drug-likeness (QED) is 0.495. The molecule has 0 unspecified atom stereocenters. The highest BCUT2D eigenvalue weighted by Gasteiger charge is 2.01. The van der Waals surface area contributed by atoms with Crippen molar-refractivity contribution in [1.82, 2.24) is 10.6 Å². The number of likely N-dealkylation sites (N-methyl/N-ethyl adjacent to an activating group) is 2. The second kappa shape index (κ2) is 10.9. The van der Waals surface area contributed by atoms with Crippen LogP contribution in [-0.4, -0.2) is 53.6 Å². The van der Waals surface area contributed by atoms with E-state index in [0.717, 1.165) is 39.5 Å². The van der Waals surface area contributed by atoms with E-state index in [9.17, 15) is 0 Å². The van der Waals surface area contributed by atoms with Crippen LogP contribution in [0.1, 0.15) is 6.92 Å². The van der Waals surface area contributed by atoms with Gasteiger partial charge < -0.3 is 20.1 Å². The molecule has 0 aliphatic heterocycles. The van der Waals surface area contributed by atoms with Crippen LogP contribution in [0, 0.1) is 5.92 Å². The summed E-state index contributed by atoms with van der Waals surface area (Å²) in [6.45, 7) is 7.07. The first-order valence-corrected chi connectivity index (χ1v) is 5.26. The van der Waals surface area contributed by atoms with Gasteiger partial charge in [-0.3, -0.25) is 0 Å². The minimum Gasteiger partial charge on any atom is -0.380 e. The maximum absolute atomic E-state index is 5.43. The zero-order chi connectivity index (χ0) is 10.6. The van der Waals surface area contributed by atoms with Crippen molar-refractivity contribution in [3.8, 4) is 0 Å². The number of rotatable bonds is 10. The van der Waals surface area contributed by atoms with Gasteiger partial charge in [0.25, 0.3) is 0 Å². The third-order valence-corrected chi connectivity index (χ3v) is 1.80. The topological polar surface area (TPSA) is 42.5 Å². The molecule has 0 aromatic carbocycles. The smallest absolute Gasteiger partial charge is 0.0590 e. The SMILES string of the molecule is CNCCOCC(C)COCCNC. The zero-order valence-corrected chi connectivity index (χ0v) is 9.64. The molecule has 0 aromatic rings. The van der Waals surface area contributed by atoms with E-state index < -0.39 is 0 Å². The minimum atomic E-state index is 0.476. The van der Waals surface area contributed by atoms with Gasteiger partial charge in [0.05, 0.1) is 26.4 Å². The summed E-state index contributed by atoms with van der Waals surface area (Å²) in [5.74, 6) is 0.476. The van der Waals surface area contributed by atoms with E-state index in [1.807, 2.05) is 14.1 Å². The molecular weight excluding hydrogens is 180 g/mol. The Morgan fingerprint density at radius 2 is 1.36 bits per heavy atom. The van der Waals surface area contributed by atoms with Crippen LogP contribution in [0.2, 0.25) is 0 Å². The maximum atomic E-state index is 5.43. The van der Waals surface area contributed by atoms with Gasteiger partial charge in [-0.2, -0.15) is 0 Å². The van der Waals surface area contributed by atoms with Gasteiger partial charge in [-0.05, 0) is 14.1 Å². The highest BCUT2D eigenvalue weighted by molar-refractivity contribution is 4.49. The average molecular weight is 204 g/mol. The van der Waals surface area contributed by atoms with Crippen LogP contribution >= 0.6 is 0 Å². The number of hydrogen-bond donors (Lipinski definition) is 2. The van der Waals surface area contributed by atoms with Crippen LogP contribution in [0.25, 0.3) is 0 Å². The van der Waals surface area contributed by atoms with Gasteiger partial charge in [-0.1, -0.05) is 6.92 Å². The molecule has 0 bridgehead atoms. The molecule has 0 radical (unpaired) electrons. The highest BCUT2D eigenvalue weighted by atomic mass is 16.5. The first kappa shape index (κ1) is 13.8. The standard InChI is InChI=1S/C10H24N2O2/c1-10(8-13-6-4-11-2)9-14-7-5-12-3/h10-12H,4-9H2,1-3H3. The Hall–Kier alpha value is -0.160. The molecule has 0 spiro atoms. The van der Waals surface area contributed by atoms with Crippen molar-refractivity contribution in [3.05, 3.63) is 0 Å². The molecule has 0 aromatic heterocycles. The van der Waals surface area contributed by atoms with Crippen molar-refractivity contribution in [3.63, 3.8) is 0 Å². The first-order valence-electron chi connectivity index (χ1n) is 5.26. The van der Waals surface area contributed by atoms with E-state index in [1.54, 1.807) is 0 Å². The van der Waals surface area contributed by atoms with Crippen molar-refractivity contribution >= 4 is 0 Å². The molecule has 0 aliphatic rings. The predicted octanol–water partition coefficient (Wildman–Crippen LogP) is 0.0945. The Morgan fingerprint density at radius 3 is 1.71 bits per heavy atom. The summed E-state index contributed by atoms with van der Waals surface area (Å²) in [4.78, 5) is 0. The fraction of sp³-hybridized carbons (Fsp3) is 1.00. The Morgan fingerprint density at radius 1 is 0.929 bits per heavy atom. The van der Waals surface area contributed by atoms with Gasteiger partial charge in [0.1, 0.15) is 0 Å². The van der Waals surface area contributed by atoms with Gasteiger partial charge >= 0.3 is 0 Å². The number of ether oxygens (including phenoxy) is 2. The molecule has 86 valence electrons. The highest BCUT2D eigenvalue weighted by Crippen LogP contribution is 1.96. The Balaban J connectivity index is 3.07. The zero-order valence-electron chi connectivity index (χ0n) is 9.64. The molecule has 0 amide bonds. The van der Waals surface area contributed by atoms with Gasteiger partial charge in [-0.25, -0.2) is 0 Å². The fourth-order valence-corrected chi connectivity index (χ4v) is 0.966. The lowest BCUT2D eigenvalue weighted by Crippen LogP contribution is -2.20. The van der Waals surface area contributed by atoms with E-state index >= 15 is 0 Å². The lowest BCUT2D eigenvalue weighted by molar-refractivity contribution is 0.0485. The second-order valence-electron chi connectivity index (χ2n) is 3.46. The molecule has 14 heavy (non-hydrogen) atoms. The van der Waals surface area contributed by atoms with Crippen molar-refractivity contribution in [2.45, 2.75) is 6.92 Å². The summed E-state index contributed by atoms with van der Waals surface area (Å²) >= 11 is 0. The van der Waals surface area contributed by atoms with Gasteiger partial charge in [0.2, 0.25) is 0 Å². The first-order chi connectivity index (χ1) is 6.81. The molecule has 0 atom stereocenters. The molecule has 0 rings (SSSR count). The average Bonchev–Trinajstić information content (AvgIpc) is 2.19. The van der Waals surface area contributed by atoms with E-state index in [0.29, 0.717) is 5.92 Å². The van der Waals surface area contributed by atoms with Crippen LogP contribution in [0.3, 0.4) is 0 Å². The predicted molar refractivity (Wildman–Crippen MR) is 58.7 cm³/mol. The van der Waals surface area contributed by atoms with Crippen molar-refractivity contribution in [2.75, 3.05) is 53.6 Å². The monoisotopic (exact) mass is 204 g/mol.